The lowest BCUT2D eigenvalue weighted by atomic mass is 10.0. The predicted molar refractivity (Wildman–Crippen MR) is 114 cm³/mol. The quantitative estimate of drug-likeness (QED) is 0.476. The largest absolute Gasteiger partial charge is 0.494 e. The minimum atomic E-state index is 0.0537. The van der Waals surface area contributed by atoms with Crippen molar-refractivity contribution in [2.75, 3.05) is 18.1 Å². The summed E-state index contributed by atoms with van der Waals surface area (Å²) in [6.07, 6.45) is 0.0537. The molecule has 3 aromatic carbocycles. The van der Waals surface area contributed by atoms with E-state index in [9.17, 15) is 0 Å². The van der Waals surface area contributed by atoms with E-state index >= 15 is 0 Å². The molecule has 0 unspecified atom stereocenters. The van der Waals surface area contributed by atoms with Crippen LogP contribution in [-0.2, 0) is 0 Å². The van der Waals surface area contributed by atoms with Gasteiger partial charge in [0, 0.05) is 17.8 Å². The number of para-hydroxylation sites is 3. The first-order chi connectivity index (χ1) is 13.8. The number of nitrogens with zero attached hydrogens (tertiary/aromatic N) is 3. The Labute approximate surface area is 165 Å². The van der Waals surface area contributed by atoms with Crippen LogP contribution in [0.4, 0.5) is 5.69 Å². The van der Waals surface area contributed by atoms with Crippen LogP contribution in [0, 0.1) is 0 Å². The number of anilines is 1. The molecule has 1 atom stereocenters. The number of ether oxygens (including phenoxy) is 1. The Morgan fingerprint density at radius 3 is 2.43 bits per heavy atom. The highest BCUT2D eigenvalue weighted by atomic mass is 16.5. The van der Waals surface area contributed by atoms with E-state index in [1.165, 1.54) is 16.8 Å². The SMILES string of the molecule is CCOc1ccc([C@H]2N(CC)c3ccccc3-c3nc4ccccc4n32)cc1. The normalized spacial score (nSPS) is 15.4. The summed E-state index contributed by atoms with van der Waals surface area (Å²) in [7, 11) is 0. The Hall–Kier alpha value is -3.27. The average Bonchev–Trinajstić information content (AvgIpc) is 3.13. The van der Waals surface area contributed by atoms with Crippen molar-refractivity contribution < 1.29 is 4.74 Å². The summed E-state index contributed by atoms with van der Waals surface area (Å²) in [4.78, 5) is 7.45. The molecule has 0 fully saturated rings. The number of fused-ring (bicyclic) bond motifs is 5. The topological polar surface area (TPSA) is 30.3 Å². The third-order valence-corrected chi connectivity index (χ3v) is 5.42. The van der Waals surface area contributed by atoms with Crippen LogP contribution >= 0.6 is 0 Å². The average molecular weight is 369 g/mol. The van der Waals surface area contributed by atoms with E-state index in [0.717, 1.165) is 29.2 Å². The molecule has 140 valence electrons. The highest BCUT2D eigenvalue weighted by Gasteiger charge is 2.33. The van der Waals surface area contributed by atoms with Crippen LogP contribution in [0.25, 0.3) is 22.4 Å². The van der Waals surface area contributed by atoms with Gasteiger partial charge in [0.1, 0.15) is 17.7 Å². The molecule has 0 N–H and O–H groups in total. The van der Waals surface area contributed by atoms with Crippen molar-refractivity contribution in [3.63, 3.8) is 0 Å². The van der Waals surface area contributed by atoms with Gasteiger partial charge in [-0.15, -0.1) is 0 Å². The highest BCUT2D eigenvalue weighted by Crippen LogP contribution is 2.44. The molecule has 0 radical (unpaired) electrons. The molecular formula is C24H23N3O. The summed E-state index contributed by atoms with van der Waals surface area (Å²) in [5, 5.41) is 0. The monoisotopic (exact) mass is 369 g/mol. The number of benzene rings is 3. The maximum absolute atomic E-state index is 5.65. The molecule has 0 bridgehead atoms. The molecule has 0 aliphatic carbocycles. The van der Waals surface area contributed by atoms with Crippen molar-refractivity contribution in [3.05, 3.63) is 78.4 Å². The zero-order valence-corrected chi connectivity index (χ0v) is 16.2. The summed E-state index contributed by atoms with van der Waals surface area (Å²) in [6.45, 7) is 5.80. The zero-order valence-electron chi connectivity index (χ0n) is 16.2. The molecule has 1 aromatic heterocycles. The van der Waals surface area contributed by atoms with Gasteiger partial charge in [-0.2, -0.15) is 0 Å². The van der Waals surface area contributed by atoms with E-state index in [1.54, 1.807) is 0 Å². The van der Waals surface area contributed by atoms with E-state index in [1.807, 2.05) is 6.92 Å². The van der Waals surface area contributed by atoms with E-state index in [2.05, 4.69) is 89.2 Å². The second kappa shape index (κ2) is 6.71. The Bertz CT molecular complexity index is 1130. The van der Waals surface area contributed by atoms with E-state index in [-0.39, 0.29) is 6.17 Å². The highest BCUT2D eigenvalue weighted by molar-refractivity contribution is 5.87. The number of aromatic nitrogens is 2. The predicted octanol–water partition coefficient (Wildman–Crippen LogP) is 5.49. The Morgan fingerprint density at radius 2 is 1.64 bits per heavy atom. The first-order valence-corrected chi connectivity index (χ1v) is 9.87. The molecule has 0 amide bonds. The minimum Gasteiger partial charge on any atom is -0.494 e. The van der Waals surface area contributed by atoms with E-state index in [0.29, 0.717) is 6.61 Å². The molecule has 5 rings (SSSR count). The minimum absolute atomic E-state index is 0.0537. The fraction of sp³-hybridized carbons (Fsp3) is 0.208. The van der Waals surface area contributed by atoms with Gasteiger partial charge in [0.05, 0.1) is 17.6 Å². The van der Waals surface area contributed by atoms with Gasteiger partial charge in [0.25, 0.3) is 0 Å². The lowest BCUT2D eigenvalue weighted by Gasteiger charge is -2.40. The molecule has 4 nitrogen and oxygen atoms in total. The van der Waals surface area contributed by atoms with Gasteiger partial charge in [-0.05, 0) is 55.8 Å². The van der Waals surface area contributed by atoms with Crippen molar-refractivity contribution in [1.29, 1.82) is 0 Å². The van der Waals surface area contributed by atoms with E-state index in [4.69, 9.17) is 9.72 Å². The molecule has 0 saturated heterocycles. The summed E-state index contributed by atoms with van der Waals surface area (Å²) in [6, 6.07) is 25.4. The number of imidazole rings is 1. The van der Waals surface area contributed by atoms with Gasteiger partial charge >= 0.3 is 0 Å². The fourth-order valence-electron chi connectivity index (χ4n) is 4.24. The Balaban J connectivity index is 1.77. The smallest absolute Gasteiger partial charge is 0.145 e. The second-order valence-corrected chi connectivity index (χ2v) is 6.97. The van der Waals surface area contributed by atoms with E-state index < -0.39 is 0 Å². The van der Waals surface area contributed by atoms with Crippen molar-refractivity contribution in [2.45, 2.75) is 20.0 Å². The summed E-state index contributed by atoms with van der Waals surface area (Å²) < 4.78 is 8.02. The first-order valence-electron chi connectivity index (χ1n) is 9.87. The van der Waals surface area contributed by atoms with Crippen molar-refractivity contribution in [2.24, 2.45) is 0 Å². The van der Waals surface area contributed by atoms with Gasteiger partial charge in [-0.1, -0.05) is 36.4 Å². The molecule has 2 heterocycles. The van der Waals surface area contributed by atoms with Crippen LogP contribution in [0.2, 0.25) is 0 Å². The zero-order chi connectivity index (χ0) is 19.1. The lowest BCUT2D eigenvalue weighted by molar-refractivity contribution is 0.340. The van der Waals surface area contributed by atoms with Crippen LogP contribution in [0.5, 0.6) is 5.75 Å². The molecule has 1 aliphatic rings. The van der Waals surface area contributed by atoms with Crippen LogP contribution in [0.3, 0.4) is 0 Å². The van der Waals surface area contributed by atoms with Gasteiger partial charge in [0.15, 0.2) is 0 Å². The van der Waals surface area contributed by atoms with Crippen LogP contribution < -0.4 is 9.64 Å². The summed E-state index contributed by atoms with van der Waals surface area (Å²) in [5.41, 5.74) is 5.82. The van der Waals surface area contributed by atoms with Crippen molar-refractivity contribution in [3.8, 4) is 17.1 Å². The Kier molecular flexibility index (Phi) is 4.05. The molecule has 0 spiro atoms. The Morgan fingerprint density at radius 1 is 0.893 bits per heavy atom. The molecule has 4 heteroatoms. The van der Waals surface area contributed by atoms with Crippen LogP contribution in [0.15, 0.2) is 72.8 Å². The van der Waals surface area contributed by atoms with Crippen molar-refractivity contribution >= 4 is 16.7 Å². The number of rotatable bonds is 4. The standard InChI is InChI=1S/C24H23N3O/c1-3-26-21-11-7-5-9-19(21)23-25-20-10-6-8-12-22(20)27(23)24(26)17-13-15-18(16-14-17)28-4-2/h5-16,24H,3-4H2,1-2H3/t24-/m0/s1. The molecule has 1 aliphatic heterocycles. The maximum atomic E-state index is 5.65. The molecule has 0 saturated carbocycles. The summed E-state index contributed by atoms with van der Waals surface area (Å²) >= 11 is 0. The lowest BCUT2D eigenvalue weighted by Crippen LogP contribution is -2.37. The van der Waals surface area contributed by atoms with Gasteiger partial charge in [-0.25, -0.2) is 4.98 Å². The van der Waals surface area contributed by atoms with Gasteiger partial charge < -0.3 is 9.64 Å². The number of hydrogen-bond acceptors (Lipinski definition) is 3. The second-order valence-electron chi connectivity index (χ2n) is 6.97. The van der Waals surface area contributed by atoms with Crippen LogP contribution in [0.1, 0.15) is 25.6 Å². The molecular weight excluding hydrogens is 346 g/mol. The maximum Gasteiger partial charge on any atom is 0.145 e. The molecule has 4 aromatic rings. The first kappa shape index (κ1) is 16.9. The number of hydrogen-bond donors (Lipinski definition) is 0. The van der Waals surface area contributed by atoms with Crippen LogP contribution in [-0.4, -0.2) is 22.7 Å². The fourth-order valence-corrected chi connectivity index (χ4v) is 4.24. The third-order valence-electron chi connectivity index (χ3n) is 5.42. The summed E-state index contributed by atoms with van der Waals surface area (Å²) in [5.74, 6) is 1.93. The molecule has 28 heavy (non-hydrogen) atoms. The third kappa shape index (κ3) is 2.48. The van der Waals surface area contributed by atoms with Gasteiger partial charge in [-0.3, -0.25) is 4.57 Å². The van der Waals surface area contributed by atoms with Crippen molar-refractivity contribution in [1.82, 2.24) is 9.55 Å². The van der Waals surface area contributed by atoms with Gasteiger partial charge in [0.2, 0.25) is 0 Å².